The van der Waals surface area contributed by atoms with E-state index in [1.54, 1.807) is 24.3 Å². The summed E-state index contributed by atoms with van der Waals surface area (Å²) < 4.78 is 26.5. The van der Waals surface area contributed by atoms with Crippen LogP contribution < -0.4 is 5.32 Å². The maximum absolute atomic E-state index is 13.4. The first-order valence-corrected chi connectivity index (χ1v) is 9.63. The molecule has 3 atom stereocenters. The van der Waals surface area contributed by atoms with Crippen molar-refractivity contribution < 1.29 is 18.4 Å². The first-order valence-electron chi connectivity index (χ1n) is 9.63. The van der Waals surface area contributed by atoms with Crippen LogP contribution in [0.2, 0.25) is 0 Å². The maximum atomic E-state index is 13.4. The van der Waals surface area contributed by atoms with Crippen LogP contribution in [0.4, 0.5) is 8.78 Å². The van der Waals surface area contributed by atoms with Gasteiger partial charge < -0.3 is 10.2 Å². The molecular formula is C22H22F2N2O2. The minimum Gasteiger partial charge on any atom is -0.345 e. The molecule has 28 heavy (non-hydrogen) atoms. The zero-order valence-electron chi connectivity index (χ0n) is 15.4. The molecule has 2 amide bonds. The van der Waals surface area contributed by atoms with Gasteiger partial charge in [-0.05, 0) is 67.0 Å². The predicted molar refractivity (Wildman–Crippen MR) is 100 cm³/mol. The summed E-state index contributed by atoms with van der Waals surface area (Å²) in [6.45, 7) is 0.496. The summed E-state index contributed by atoms with van der Waals surface area (Å²) in [4.78, 5) is 26.5. The normalized spacial score (nSPS) is 23.9. The Morgan fingerprint density at radius 3 is 2.39 bits per heavy atom. The van der Waals surface area contributed by atoms with Gasteiger partial charge in [-0.1, -0.05) is 24.3 Å². The first kappa shape index (κ1) is 18.6. The predicted octanol–water partition coefficient (Wildman–Crippen LogP) is 3.69. The number of hydrogen-bond donors (Lipinski definition) is 1. The number of rotatable bonds is 3. The number of amides is 2. The summed E-state index contributed by atoms with van der Waals surface area (Å²) in [5.41, 5.74) is 1.77. The summed E-state index contributed by atoms with van der Waals surface area (Å²) >= 11 is 0. The molecule has 0 radical (unpaired) electrons. The van der Waals surface area contributed by atoms with Gasteiger partial charge in [-0.3, -0.25) is 9.59 Å². The lowest BCUT2D eigenvalue weighted by molar-refractivity contribution is -0.151. The number of nitrogens with one attached hydrogen (secondary N) is 1. The van der Waals surface area contributed by atoms with Crippen LogP contribution >= 0.6 is 0 Å². The Bertz CT molecular complexity index is 884. The molecule has 1 aliphatic carbocycles. The van der Waals surface area contributed by atoms with Gasteiger partial charge in [-0.25, -0.2) is 8.78 Å². The molecular weight excluding hydrogens is 362 g/mol. The topological polar surface area (TPSA) is 49.4 Å². The molecule has 1 saturated carbocycles. The van der Waals surface area contributed by atoms with E-state index in [0.717, 1.165) is 31.2 Å². The number of carbonyl (C=O) groups is 2. The number of likely N-dealkylation sites (tertiary alicyclic amines) is 1. The molecule has 2 aromatic carbocycles. The minimum absolute atomic E-state index is 0.0691. The molecule has 146 valence electrons. The van der Waals surface area contributed by atoms with Crippen molar-refractivity contribution in [2.75, 3.05) is 6.54 Å². The molecule has 4 rings (SSSR count). The first-order chi connectivity index (χ1) is 13.5. The third-order valence-electron chi connectivity index (χ3n) is 5.82. The minimum atomic E-state index is -0.606. The van der Waals surface area contributed by atoms with Gasteiger partial charge in [0.1, 0.15) is 11.6 Å². The van der Waals surface area contributed by atoms with Gasteiger partial charge in [-0.2, -0.15) is 0 Å². The molecule has 2 fully saturated rings. The lowest BCUT2D eigenvalue weighted by atomic mass is 9.94. The van der Waals surface area contributed by atoms with Crippen molar-refractivity contribution in [2.45, 2.75) is 43.7 Å². The van der Waals surface area contributed by atoms with Gasteiger partial charge in [-0.15, -0.1) is 0 Å². The monoisotopic (exact) mass is 384 g/mol. The van der Waals surface area contributed by atoms with Crippen molar-refractivity contribution in [3.05, 3.63) is 71.3 Å². The number of benzene rings is 2. The summed E-state index contributed by atoms with van der Waals surface area (Å²) in [6, 6.07) is 12.3. The summed E-state index contributed by atoms with van der Waals surface area (Å²) in [5, 5.41) is 2.84. The highest BCUT2D eigenvalue weighted by Crippen LogP contribution is 2.35. The Kier molecular flexibility index (Phi) is 5.11. The maximum Gasteiger partial charge on any atom is 0.312 e. The van der Waals surface area contributed by atoms with Gasteiger partial charge in [0.2, 0.25) is 0 Å². The fourth-order valence-electron chi connectivity index (χ4n) is 4.22. The van der Waals surface area contributed by atoms with Crippen LogP contribution in [0, 0.1) is 11.6 Å². The van der Waals surface area contributed by atoms with Crippen LogP contribution in [-0.2, 0) is 9.59 Å². The number of hydrogen-bond acceptors (Lipinski definition) is 2. The van der Waals surface area contributed by atoms with E-state index in [2.05, 4.69) is 5.32 Å². The Hall–Kier alpha value is -2.76. The van der Waals surface area contributed by atoms with Crippen molar-refractivity contribution in [1.29, 1.82) is 0 Å². The smallest absolute Gasteiger partial charge is 0.312 e. The van der Waals surface area contributed by atoms with Gasteiger partial charge in [0, 0.05) is 12.6 Å². The van der Waals surface area contributed by atoms with Gasteiger partial charge >= 0.3 is 11.8 Å². The van der Waals surface area contributed by atoms with Crippen LogP contribution in [0.15, 0.2) is 48.5 Å². The Balaban J connectivity index is 1.34. The second-order valence-corrected chi connectivity index (χ2v) is 7.59. The molecule has 4 nitrogen and oxygen atoms in total. The molecule has 1 saturated heterocycles. The summed E-state index contributed by atoms with van der Waals surface area (Å²) in [5.74, 6) is -1.53. The van der Waals surface area contributed by atoms with Crippen LogP contribution in [0.3, 0.4) is 0 Å². The van der Waals surface area contributed by atoms with Crippen molar-refractivity contribution in [3.63, 3.8) is 0 Å². The Morgan fingerprint density at radius 2 is 1.71 bits per heavy atom. The number of halogens is 2. The largest absolute Gasteiger partial charge is 0.345 e. The van der Waals surface area contributed by atoms with Gasteiger partial charge in [0.05, 0.1) is 6.04 Å². The SMILES string of the molecule is O=C(NC1CCC(c2ccc(F)cc2)C1)C(=O)N1CCC1c1cccc(F)c1. The second-order valence-electron chi connectivity index (χ2n) is 7.59. The summed E-state index contributed by atoms with van der Waals surface area (Å²) in [6.07, 6.45) is 3.13. The van der Waals surface area contributed by atoms with Gasteiger partial charge in [0.25, 0.3) is 0 Å². The molecule has 6 heteroatoms. The zero-order valence-corrected chi connectivity index (χ0v) is 15.4. The van der Waals surface area contributed by atoms with Crippen molar-refractivity contribution >= 4 is 11.8 Å². The number of carbonyl (C=O) groups excluding carboxylic acids is 2. The fraction of sp³-hybridized carbons (Fsp3) is 0.364. The highest BCUT2D eigenvalue weighted by molar-refractivity contribution is 6.35. The quantitative estimate of drug-likeness (QED) is 0.821. The molecule has 1 aliphatic heterocycles. The van der Waals surface area contributed by atoms with E-state index in [0.29, 0.717) is 12.1 Å². The third-order valence-corrected chi connectivity index (χ3v) is 5.82. The second kappa shape index (κ2) is 7.70. The van der Waals surface area contributed by atoms with E-state index >= 15 is 0 Å². The molecule has 2 aliphatic rings. The van der Waals surface area contributed by atoms with Crippen molar-refractivity contribution in [1.82, 2.24) is 10.2 Å². The summed E-state index contributed by atoms with van der Waals surface area (Å²) in [7, 11) is 0. The standard InChI is InChI=1S/C22H22F2N2O2/c23-17-7-4-14(5-8-17)15-6-9-19(13-15)25-21(27)22(28)26-11-10-20(26)16-2-1-3-18(24)12-16/h1-5,7-8,12,15,19-20H,6,9-11,13H2,(H,25,27). The van der Waals surface area contributed by atoms with E-state index in [1.807, 2.05) is 0 Å². The van der Waals surface area contributed by atoms with E-state index in [4.69, 9.17) is 0 Å². The van der Waals surface area contributed by atoms with Crippen LogP contribution in [0.25, 0.3) is 0 Å². The zero-order chi connectivity index (χ0) is 19.7. The highest BCUT2D eigenvalue weighted by atomic mass is 19.1. The molecule has 3 unspecified atom stereocenters. The van der Waals surface area contributed by atoms with Crippen LogP contribution in [0.1, 0.15) is 48.8 Å². The molecule has 1 N–H and O–H groups in total. The number of nitrogens with zero attached hydrogens (tertiary/aromatic N) is 1. The van der Waals surface area contributed by atoms with Crippen LogP contribution in [-0.4, -0.2) is 29.3 Å². The van der Waals surface area contributed by atoms with Crippen molar-refractivity contribution in [3.8, 4) is 0 Å². The fourth-order valence-corrected chi connectivity index (χ4v) is 4.22. The lowest BCUT2D eigenvalue weighted by Gasteiger charge is -2.41. The highest BCUT2D eigenvalue weighted by Gasteiger charge is 2.38. The Labute approximate surface area is 162 Å². The molecule has 1 heterocycles. The average molecular weight is 384 g/mol. The van der Waals surface area contributed by atoms with E-state index < -0.39 is 11.8 Å². The average Bonchev–Trinajstić information content (AvgIpc) is 3.10. The van der Waals surface area contributed by atoms with Gasteiger partial charge in [0.15, 0.2) is 0 Å². The van der Waals surface area contributed by atoms with E-state index in [-0.39, 0.29) is 29.6 Å². The van der Waals surface area contributed by atoms with Crippen molar-refractivity contribution in [2.24, 2.45) is 0 Å². The Morgan fingerprint density at radius 1 is 0.929 bits per heavy atom. The van der Waals surface area contributed by atoms with E-state index in [9.17, 15) is 18.4 Å². The molecule has 0 bridgehead atoms. The molecule has 0 spiro atoms. The lowest BCUT2D eigenvalue weighted by Crippen LogP contribution is -2.52. The molecule has 2 aromatic rings. The molecule has 0 aromatic heterocycles. The van der Waals surface area contributed by atoms with E-state index in [1.165, 1.54) is 29.2 Å². The van der Waals surface area contributed by atoms with Crippen LogP contribution in [0.5, 0.6) is 0 Å². The third kappa shape index (κ3) is 3.77.